The number of carbonyl (C=O) groups is 1. The highest BCUT2D eigenvalue weighted by Gasteiger charge is 2.19. The second-order valence-electron chi connectivity index (χ2n) is 8.74. The first-order valence-electron chi connectivity index (χ1n) is 11.9. The topological polar surface area (TPSA) is 99.5 Å². The molecule has 1 aliphatic rings. The molecule has 2 aromatic carbocycles. The molecule has 0 bridgehead atoms. The van der Waals surface area contributed by atoms with Crippen molar-refractivity contribution in [1.29, 1.82) is 0 Å². The largest absolute Gasteiger partial charge is 0.493 e. The molecule has 1 fully saturated rings. The van der Waals surface area contributed by atoms with Crippen LogP contribution in [-0.2, 0) is 11.2 Å². The third-order valence-corrected chi connectivity index (χ3v) is 6.37. The van der Waals surface area contributed by atoms with Crippen molar-refractivity contribution in [2.75, 3.05) is 26.6 Å². The summed E-state index contributed by atoms with van der Waals surface area (Å²) >= 11 is 0. The number of methoxy groups -OCH3 is 3. The van der Waals surface area contributed by atoms with Gasteiger partial charge < -0.3 is 29.4 Å². The van der Waals surface area contributed by atoms with Gasteiger partial charge in [0.1, 0.15) is 5.65 Å². The summed E-state index contributed by atoms with van der Waals surface area (Å²) in [5.74, 6) is 2.06. The Balaban J connectivity index is 1.41. The van der Waals surface area contributed by atoms with Crippen LogP contribution in [0, 0.1) is 0 Å². The molecule has 1 amide bonds. The Morgan fingerprint density at radius 3 is 2.50 bits per heavy atom. The quantitative estimate of drug-likeness (QED) is 0.361. The van der Waals surface area contributed by atoms with E-state index in [0.717, 1.165) is 35.1 Å². The maximum Gasteiger partial charge on any atom is 0.229 e. The number of ether oxygens (including phenoxy) is 3. The van der Waals surface area contributed by atoms with Crippen LogP contribution in [0.15, 0.2) is 54.9 Å². The smallest absolute Gasteiger partial charge is 0.229 e. The van der Waals surface area contributed by atoms with Crippen LogP contribution >= 0.6 is 0 Å². The van der Waals surface area contributed by atoms with E-state index in [9.17, 15) is 4.79 Å². The fourth-order valence-corrected chi connectivity index (χ4v) is 4.30. The van der Waals surface area contributed by atoms with Gasteiger partial charge in [-0.15, -0.1) is 0 Å². The Labute approximate surface area is 209 Å². The third-order valence-electron chi connectivity index (χ3n) is 6.37. The van der Waals surface area contributed by atoms with Gasteiger partial charge in [-0.2, -0.15) is 4.98 Å². The zero-order chi connectivity index (χ0) is 25.1. The average molecular weight is 488 g/mol. The van der Waals surface area contributed by atoms with E-state index in [0.29, 0.717) is 41.3 Å². The third kappa shape index (κ3) is 4.77. The van der Waals surface area contributed by atoms with Gasteiger partial charge in [-0.25, -0.2) is 4.98 Å². The molecule has 0 unspecified atom stereocenters. The van der Waals surface area contributed by atoms with E-state index in [-0.39, 0.29) is 5.91 Å². The summed E-state index contributed by atoms with van der Waals surface area (Å²) in [4.78, 5) is 21.6. The summed E-state index contributed by atoms with van der Waals surface area (Å²) in [6.45, 7) is 0. The number of nitrogens with zero attached hydrogens (tertiary/aromatic N) is 3. The number of nitrogens with one attached hydrogen (secondary N) is 2. The molecule has 0 spiro atoms. The van der Waals surface area contributed by atoms with E-state index >= 15 is 0 Å². The maximum atomic E-state index is 12.4. The molecule has 9 heteroatoms. The van der Waals surface area contributed by atoms with Gasteiger partial charge in [0.15, 0.2) is 11.5 Å². The Hall–Kier alpha value is -4.27. The molecule has 2 N–H and O–H groups in total. The Morgan fingerprint density at radius 2 is 1.83 bits per heavy atom. The average Bonchev–Trinajstić information content (AvgIpc) is 3.29. The van der Waals surface area contributed by atoms with Crippen LogP contribution < -0.4 is 24.8 Å². The molecule has 2 heterocycles. The molecule has 0 aliphatic heterocycles. The van der Waals surface area contributed by atoms with Crippen molar-refractivity contribution in [1.82, 2.24) is 19.9 Å². The van der Waals surface area contributed by atoms with E-state index in [1.165, 1.54) is 6.42 Å². The highest BCUT2D eigenvalue weighted by atomic mass is 16.5. The van der Waals surface area contributed by atoms with Gasteiger partial charge in [-0.05, 0) is 43.0 Å². The first-order chi connectivity index (χ1) is 17.6. The number of amides is 1. The van der Waals surface area contributed by atoms with Crippen molar-refractivity contribution in [2.45, 2.75) is 31.7 Å². The van der Waals surface area contributed by atoms with Crippen LogP contribution in [-0.4, -0.2) is 47.8 Å². The maximum absolute atomic E-state index is 12.4. The van der Waals surface area contributed by atoms with E-state index in [4.69, 9.17) is 19.2 Å². The number of aromatic nitrogens is 3. The molecule has 1 aliphatic carbocycles. The van der Waals surface area contributed by atoms with Gasteiger partial charge in [0.05, 0.1) is 27.8 Å². The van der Waals surface area contributed by atoms with Crippen molar-refractivity contribution < 1.29 is 19.0 Å². The standard InChI is InChI=1S/C27H29N5O4/c1-34-22-14-20(15-23(35-2)25(22)36-3)30-27-28-16-18-10-11-32(26(18)31-27)21-9-4-6-17(12-21)13-24(33)29-19-7-5-8-19/h4,6,9-12,14-16,19H,5,7-8,13H2,1-3H3,(H,29,33)(H,28,30,31). The molecular formula is C27H29N5O4. The fraction of sp³-hybridized carbons (Fsp3) is 0.296. The number of rotatable bonds is 9. The van der Waals surface area contributed by atoms with Crippen molar-refractivity contribution in [3.63, 3.8) is 0 Å². The van der Waals surface area contributed by atoms with Crippen LogP contribution in [0.4, 0.5) is 11.6 Å². The normalized spacial score (nSPS) is 13.2. The first-order valence-corrected chi connectivity index (χ1v) is 11.9. The summed E-state index contributed by atoms with van der Waals surface area (Å²) in [6.07, 6.45) is 7.43. The molecule has 4 aromatic rings. The molecule has 5 rings (SSSR count). The zero-order valence-corrected chi connectivity index (χ0v) is 20.6. The Morgan fingerprint density at radius 1 is 1.06 bits per heavy atom. The molecule has 36 heavy (non-hydrogen) atoms. The second kappa shape index (κ2) is 10.2. The van der Waals surface area contributed by atoms with Gasteiger partial charge in [0.2, 0.25) is 17.6 Å². The summed E-state index contributed by atoms with van der Waals surface area (Å²) in [7, 11) is 4.71. The first kappa shape index (κ1) is 23.5. The van der Waals surface area contributed by atoms with Crippen LogP contribution in [0.1, 0.15) is 24.8 Å². The van der Waals surface area contributed by atoms with Crippen molar-refractivity contribution in [2.24, 2.45) is 0 Å². The van der Waals surface area contributed by atoms with Crippen LogP contribution in [0.2, 0.25) is 0 Å². The minimum atomic E-state index is 0.0633. The molecule has 9 nitrogen and oxygen atoms in total. The van der Waals surface area contributed by atoms with Gasteiger partial charge >= 0.3 is 0 Å². The number of anilines is 2. The van der Waals surface area contributed by atoms with Gasteiger partial charge in [-0.1, -0.05) is 12.1 Å². The lowest BCUT2D eigenvalue weighted by molar-refractivity contribution is -0.121. The second-order valence-corrected chi connectivity index (χ2v) is 8.74. The van der Waals surface area contributed by atoms with Crippen molar-refractivity contribution >= 4 is 28.6 Å². The Kier molecular flexibility index (Phi) is 6.62. The van der Waals surface area contributed by atoms with Crippen LogP contribution in [0.5, 0.6) is 17.2 Å². The van der Waals surface area contributed by atoms with Crippen LogP contribution in [0.25, 0.3) is 16.7 Å². The highest BCUT2D eigenvalue weighted by Crippen LogP contribution is 2.40. The molecular weight excluding hydrogens is 458 g/mol. The van der Waals surface area contributed by atoms with Gasteiger partial charge in [-0.3, -0.25) is 4.79 Å². The van der Waals surface area contributed by atoms with E-state index in [1.807, 2.05) is 41.1 Å². The predicted octanol–water partition coefficient (Wildman–Crippen LogP) is 4.40. The lowest BCUT2D eigenvalue weighted by atomic mass is 9.93. The molecule has 0 radical (unpaired) electrons. The van der Waals surface area contributed by atoms with Crippen molar-refractivity contribution in [3.8, 4) is 22.9 Å². The molecule has 0 atom stereocenters. The number of benzene rings is 2. The van der Waals surface area contributed by atoms with Gasteiger partial charge in [0.25, 0.3) is 0 Å². The van der Waals surface area contributed by atoms with E-state index in [2.05, 4.69) is 15.6 Å². The van der Waals surface area contributed by atoms with E-state index in [1.54, 1.807) is 39.7 Å². The molecule has 1 saturated carbocycles. The number of hydrogen-bond acceptors (Lipinski definition) is 7. The van der Waals surface area contributed by atoms with E-state index < -0.39 is 0 Å². The van der Waals surface area contributed by atoms with Crippen LogP contribution in [0.3, 0.4) is 0 Å². The highest BCUT2D eigenvalue weighted by molar-refractivity contribution is 5.80. The lowest BCUT2D eigenvalue weighted by Crippen LogP contribution is -2.40. The van der Waals surface area contributed by atoms with Gasteiger partial charge in [0, 0.05) is 47.3 Å². The zero-order valence-electron chi connectivity index (χ0n) is 20.6. The monoisotopic (exact) mass is 487 g/mol. The predicted molar refractivity (Wildman–Crippen MR) is 138 cm³/mol. The fourth-order valence-electron chi connectivity index (χ4n) is 4.30. The van der Waals surface area contributed by atoms with Crippen molar-refractivity contribution in [3.05, 3.63) is 60.4 Å². The number of carbonyl (C=O) groups excluding carboxylic acids is 1. The summed E-state index contributed by atoms with van der Waals surface area (Å²) < 4.78 is 18.3. The molecule has 0 saturated heterocycles. The Bertz CT molecular complexity index is 1370. The minimum absolute atomic E-state index is 0.0633. The molecule has 2 aromatic heterocycles. The summed E-state index contributed by atoms with van der Waals surface area (Å²) in [5, 5.41) is 7.23. The lowest BCUT2D eigenvalue weighted by Gasteiger charge is -2.26. The SMILES string of the molecule is COc1cc(Nc2ncc3ccn(-c4cccc(CC(=O)NC5CCC5)c4)c3n2)cc(OC)c1OC. The summed E-state index contributed by atoms with van der Waals surface area (Å²) in [6, 6.07) is 13.9. The summed E-state index contributed by atoms with van der Waals surface area (Å²) in [5.41, 5.74) is 3.32. The number of hydrogen-bond donors (Lipinski definition) is 2. The number of fused-ring (bicyclic) bond motifs is 1. The minimum Gasteiger partial charge on any atom is -0.493 e. The molecule has 186 valence electrons.